The summed E-state index contributed by atoms with van der Waals surface area (Å²) in [4.78, 5) is 20.6. The molecule has 6 rings (SSSR count). The van der Waals surface area contributed by atoms with E-state index in [1.807, 2.05) is 55.5 Å². The number of rotatable bonds is 6. The molecule has 1 fully saturated rings. The van der Waals surface area contributed by atoms with Crippen molar-refractivity contribution in [3.05, 3.63) is 87.6 Å². The lowest BCUT2D eigenvalue weighted by Gasteiger charge is -2.32. The molecule has 192 valence electrons. The van der Waals surface area contributed by atoms with Gasteiger partial charge in [0.25, 0.3) is 5.56 Å². The van der Waals surface area contributed by atoms with Crippen LogP contribution in [0.2, 0.25) is 0 Å². The number of nitrogens with zero attached hydrogens (tertiary/aromatic N) is 4. The minimum Gasteiger partial charge on any atom is -0.379 e. The number of fused-ring (bicyclic) bond motifs is 3. The van der Waals surface area contributed by atoms with Gasteiger partial charge in [0.2, 0.25) is 0 Å². The summed E-state index contributed by atoms with van der Waals surface area (Å²) in [5.41, 5.74) is 4.23. The first-order valence-corrected chi connectivity index (χ1v) is 12.8. The highest BCUT2D eigenvalue weighted by Crippen LogP contribution is 2.30. The lowest BCUT2D eigenvalue weighted by Crippen LogP contribution is -2.44. The van der Waals surface area contributed by atoms with Crippen LogP contribution >= 0.6 is 0 Å². The van der Waals surface area contributed by atoms with E-state index in [1.54, 1.807) is 10.6 Å². The first-order valence-electron chi connectivity index (χ1n) is 12.8. The van der Waals surface area contributed by atoms with E-state index >= 15 is 4.39 Å². The maximum Gasteiger partial charge on any atom is 0.257 e. The number of halogens is 1. The fourth-order valence-electron chi connectivity index (χ4n) is 5.18. The topological polar surface area (TPSA) is 77.9 Å². The van der Waals surface area contributed by atoms with Gasteiger partial charge in [-0.25, -0.2) is 8.91 Å². The Kier molecular flexibility index (Phi) is 6.50. The van der Waals surface area contributed by atoms with Gasteiger partial charge in [-0.15, -0.1) is 0 Å². The molecule has 9 heteroatoms. The number of hydrogen-bond donors (Lipinski definition) is 2. The van der Waals surface area contributed by atoms with Crippen LogP contribution in [0.15, 0.2) is 59.4 Å². The van der Waals surface area contributed by atoms with Crippen LogP contribution in [0.1, 0.15) is 29.7 Å². The van der Waals surface area contributed by atoms with Crippen LogP contribution in [0.3, 0.4) is 0 Å². The van der Waals surface area contributed by atoms with Crippen LogP contribution in [-0.2, 0) is 11.3 Å². The molecule has 2 N–H and O–H groups in total. The van der Waals surface area contributed by atoms with E-state index in [1.165, 1.54) is 0 Å². The van der Waals surface area contributed by atoms with Crippen molar-refractivity contribution in [1.29, 1.82) is 0 Å². The Hall–Kier alpha value is -3.53. The predicted molar refractivity (Wildman–Crippen MR) is 141 cm³/mol. The van der Waals surface area contributed by atoms with Gasteiger partial charge in [-0.05, 0) is 17.2 Å². The lowest BCUT2D eigenvalue weighted by molar-refractivity contribution is 0.0331. The van der Waals surface area contributed by atoms with E-state index < -0.39 is 0 Å². The Balaban J connectivity index is 1.22. The number of morpholine rings is 1. The molecule has 4 heterocycles. The number of aromatic amines is 1. The Bertz CT molecular complexity index is 1460. The summed E-state index contributed by atoms with van der Waals surface area (Å²) in [7, 11) is 0. The molecule has 0 spiro atoms. The van der Waals surface area contributed by atoms with E-state index in [0.29, 0.717) is 30.0 Å². The highest BCUT2D eigenvalue weighted by Gasteiger charge is 2.24. The smallest absolute Gasteiger partial charge is 0.257 e. The summed E-state index contributed by atoms with van der Waals surface area (Å²) in [6, 6.07) is 16.8. The van der Waals surface area contributed by atoms with E-state index in [9.17, 15) is 4.79 Å². The van der Waals surface area contributed by atoms with Crippen molar-refractivity contribution >= 4 is 11.5 Å². The molecule has 1 unspecified atom stereocenters. The normalized spacial score (nSPS) is 17.5. The first-order chi connectivity index (χ1) is 18.1. The quantitative estimate of drug-likeness (QED) is 0.420. The zero-order valence-electron chi connectivity index (χ0n) is 20.9. The molecule has 1 atom stereocenters. The zero-order chi connectivity index (χ0) is 25.4. The largest absolute Gasteiger partial charge is 0.379 e. The molecule has 2 aliphatic heterocycles. The average Bonchev–Trinajstić information content (AvgIpc) is 3.36. The van der Waals surface area contributed by atoms with Crippen LogP contribution in [0.4, 0.5) is 10.2 Å². The number of aromatic nitrogens is 3. The molecule has 0 aliphatic carbocycles. The number of H-pyrrole nitrogens is 1. The maximum absolute atomic E-state index is 15.0. The van der Waals surface area contributed by atoms with Gasteiger partial charge >= 0.3 is 0 Å². The molecular weight excluding hydrogens is 471 g/mol. The standard InChI is InChI=1S/C28H31FN6O2/c1-19(21-7-8-22(24(29)15-21)20-5-3-2-4-6-20)25-16-26-31-28(36)23-17-34(18-30-27(23)35(26)32-25)10-9-33-11-13-37-14-12-33/h2-8,15-16,19,30H,9-14,17-18H2,1H3,(H,31,36). The summed E-state index contributed by atoms with van der Waals surface area (Å²) in [5, 5.41) is 8.23. The third-order valence-electron chi connectivity index (χ3n) is 7.45. The number of nitrogens with one attached hydrogen (secondary N) is 2. The van der Waals surface area contributed by atoms with E-state index in [-0.39, 0.29) is 17.3 Å². The van der Waals surface area contributed by atoms with Crippen LogP contribution in [0, 0.1) is 5.82 Å². The molecule has 0 saturated carbocycles. The molecule has 0 amide bonds. The van der Waals surface area contributed by atoms with Crippen LogP contribution < -0.4 is 10.9 Å². The Morgan fingerprint density at radius 2 is 1.84 bits per heavy atom. The second-order valence-electron chi connectivity index (χ2n) is 9.82. The molecule has 37 heavy (non-hydrogen) atoms. The van der Waals surface area contributed by atoms with E-state index in [4.69, 9.17) is 9.84 Å². The van der Waals surface area contributed by atoms with Crippen molar-refractivity contribution in [2.24, 2.45) is 0 Å². The summed E-state index contributed by atoms with van der Waals surface area (Å²) in [6.45, 7) is 8.49. The summed E-state index contributed by atoms with van der Waals surface area (Å²) < 4.78 is 22.2. The monoisotopic (exact) mass is 502 g/mol. The van der Waals surface area contributed by atoms with E-state index in [0.717, 1.165) is 62.0 Å². The summed E-state index contributed by atoms with van der Waals surface area (Å²) >= 11 is 0. The van der Waals surface area contributed by atoms with E-state index in [2.05, 4.69) is 20.1 Å². The number of ether oxygens (including phenoxy) is 1. The highest BCUT2D eigenvalue weighted by molar-refractivity contribution is 5.64. The molecule has 2 aromatic carbocycles. The van der Waals surface area contributed by atoms with Crippen LogP contribution in [-0.4, -0.2) is 70.5 Å². The van der Waals surface area contributed by atoms with Gasteiger partial charge < -0.3 is 15.0 Å². The van der Waals surface area contributed by atoms with Crippen molar-refractivity contribution in [3.63, 3.8) is 0 Å². The fraction of sp³-hybridized carbons (Fsp3) is 0.357. The molecule has 2 aromatic heterocycles. The molecule has 0 bridgehead atoms. The van der Waals surface area contributed by atoms with Crippen molar-refractivity contribution in [2.75, 3.05) is 51.4 Å². The van der Waals surface area contributed by atoms with Crippen molar-refractivity contribution < 1.29 is 9.13 Å². The highest BCUT2D eigenvalue weighted by atomic mass is 19.1. The Labute approximate surface area is 214 Å². The van der Waals surface area contributed by atoms with Gasteiger partial charge in [-0.1, -0.05) is 49.4 Å². The first kappa shape index (κ1) is 23.8. The number of hydrogen-bond acceptors (Lipinski definition) is 6. The van der Waals surface area contributed by atoms with Gasteiger partial charge in [0, 0.05) is 50.3 Å². The Morgan fingerprint density at radius 3 is 2.62 bits per heavy atom. The number of benzene rings is 2. The van der Waals surface area contributed by atoms with Crippen molar-refractivity contribution in [3.8, 4) is 11.1 Å². The van der Waals surface area contributed by atoms with Gasteiger partial charge in [0.15, 0.2) is 0 Å². The average molecular weight is 503 g/mol. The third-order valence-corrected chi connectivity index (χ3v) is 7.45. The summed E-state index contributed by atoms with van der Waals surface area (Å²) in [5.74, 6) is 0.321. The fourth-order valence-corrected chi connectivity index (χ4v) is 5.18. The minimum absolute atomic E-state index is 0.108. The zero-order valence-corrected chi connectivity index (χ0v) is 20.9. The lowest BCUT2D eigenvalue weighted by atomic mass is 9.95. The van der Waals surface area contributed by atoms with Crippen LogP contribution in [0.25, 0.3) is 16.8 Å². The molecule has 4 aromatic rings. The van der Waals surface area contributed by atoms with Gasteiger partial charge in [-0.3, -0.25) is 14.6 Å². The third kappa shape index (κ3) is 4.77. The van der Waals surface area contributed by atoms with Crippen molar-refractivity contribution in [2.45, 2.75) is 19.4 Å². The SMILES string of the molecule is CC(c1ccc(-c2ccccc2)c(F)c1)c1cc2[nH]c(=O)c3c(n2n1)NCN(CCN1CCOCC1)C3. The van der Waals surface area contributed by atoms with Gasteiger partial charge in [0.05, 0.1) is 31.1 Å². The summed E-state index contributed by atoms with van der Waals surface area (Å²) in [6.07, 6.45) is 0. The number of anilines is 1. The molecule has 1 saturated heterocycles. The molecule has 2 aliphatic rings. The molecule has 8 nitrogen and oxygen atoms in total. The second-order valence-corrected chi connectivity index (χ2v) is 9.82. The predicted octanol–water partition coefficient (Wildman–Crippen LogP) is 3.50. The maximum atomic E-state index is 15.0. The minimum atomic E-state index is -0.260. The Morgan fingerprint density at radius 1 is 1.05 bits per heavy atom. The van der Waals surface area contributed by atoms with Crippen LogP contribution in [0.5, 0.6) is 0 Å². The van der Waals surface area contributed by atoms with Gasteiger partial charge in [0.1, 0.15) is 17.3 Å². The van der Waals surface area contributed by atoms with Gasteiger partial charge in [-0.2, -0.15) is 5.10 Å². The molecular formula is C28H31FN6O2. The second kappa shape index (κ2) is 10.1. The molecule has 0 radical (unpaired) electrons. The van der Waals surface area contributed by atoms with Crippen molar-refractivity contribution in [1.82, 2.24) is 24.4 Å².